The fraction of sp³-hybridized carbons (Fsp3) is 0.278. The van der Waals surface area contributed by atoms with E-state index in [2.05, 4.69) is 15.8 Å². The van der Waals surface area contributed by atoms with Crippen molar-refractivity contribution < 1.29 is 9.21 Å². The van der Waals surface area contributed by atoms with Crippen LogP contribution in [0, 0.1) is 0 Å². The summed E-state index contributed by atoms with van der Waals surface area (Å²) in [6, 6.07) is 11.5. The average Bonchev–Trinajstić information content (AvgIpc) is 3.29. The summed E-state index contributed by atoms with van der Waals surface area (Å²) in [4.78, 5) is 13.6. The fourth-order valence-corrected chi connectivity index (χ4v) is 2.74. The monoisotopic (exact) mass is 356 g/mol. The third kappa shape index (κ3) is 4.45. The Hall–Kier alpha value is -2.67. The van der Waals surface area contributed by atoms with Gasteiger partial charge in [-0.15, -0.1) is 0 Å². The van der Waals surface area contributed by atoms with Crippen molar-refractivity contribution in [3.05, 3.63) is 54.0 Å². The normalized spacial score (nSPS) is 14.7. The Morgan fingerprint density at radius 2 is 2.12 bits per heavy atom. The van der Waals surface area contributed by atoms with E-state index in [-0.39, 0.29) is 5.91 Å². The van der Waals surface area contributed by atoms with Crippen LogP contribution in [0.3, 0.4) is 0 Å². The second-order valence-electron chi connectivity index (χ2n) is 5.77. The Bertz CT molecular complexity index is 769. The molecule has 0 saturated carbocycles. The number of carbonyl (C=O) groups excluding carboxylic acids is 1. The van der Waals surface area contributed by atoms with Crippen LogP contribution in [-0.4, -0.2) is 23.3 Å². The van der Waals surface area contributed by atoms with E-state index in [0.717, 1.165) is 35.7 Å². The number of furan rings is 1. The summed E-state index contributed by atoms with van der Waals surface area (Å²) < 4.78 is 5.23. The van der Waals surface area contributed by atoms with E-state index in [1.165, 1.54) is 0 Å². The maximum Gasteiger partial charge on any atom is 0.227 e. The first kappa shape index (κ1) is 17.2. The van der Waals surface area contributed by atoms with Crippen LogP contribution in [0.5, 0.6) is 0 Å². The van der Waals surface area contributed by atoms with Gasteiger partial charge in [0.2, 0.25) is 5.91 Å². The van der Waals surface area contributed by atoms with Crippen molar-refractivity contribution in [1.82, 2.24) is 10.7 Å². The van der Waals surface area contributed by atoms with Gasteiger partial charge in [0, 0.05) is 18.7 Å². The Morgan fingerprint density at radius 1 is 1.32 bits per heavy atom. The molecule has 1 fully saturated rings. The first-order valence-electron chi connectivity index (χ1n) is 8.15. The predicted molar refractivity (Wildman–Crippen MR) is 102 cm³/mol. The van der Waals surface area contributed by atoms with Crippen LogP contribution in [0.1, 0.15) is 31.1 Å². The first-order chi connectivity index (χ1) is 12.1. The highest BCUT2D eigenvalue weighted by Crippen LogP contribution is 2.21. The van der Waals surface area contributed by atoms with E-state index in [1.54, 1.807) is 6.26 Å². The lowest BCUT2D eigenvalue weighted by Crippen LogP contribution is -2.32. The van der Waals surface area contributed by atoms with Gasteiger partial charge < -0.3 is 14.6 Å². The summed E-state index contributed by atoms with van der Waals surface area (Å²) in [6.45, 7) is 3.20. The number of nitrogens with one attached hydrogen (secondary N) is 2. The number of nitrogens with zero attached hydrogens (tertiary/aromatic N) is 2. The molecule has 3 rings (SSSR count). The minimum absolute atomic E-state index is 0.188. The lowest BCUT2D eigenvalue weighted by atomic mass is 10.1. The van der Waals surface area contributed by atoms with E-state index in [0.29, 0.717) is 18.1 Å². The van der Waals surface area contributed by atoms with Gasteiger partial charge in [-0.2, -0.15) is 5.10 Å². The number of anilines is 1. The van der Waals surface area contributed by atoms with E-state index in [9.17, 15) is 4.79 Å². The molecule has 1 amide bonds. The van der Waals surface area contributed by atoms with Crippen LogP contribution in [0.15, 0.2) is 52.2 Å². The van der Waals surface area contributed by atoms with Crippen LogP contribution < -0.4 is 15.6 Å². The highest BCUT2D eigenvalue weighted by molar-refractivity contribution is 7.80. The molecule has 0 atom stereocenters. The first-order valence-corrected chi connectivity index (χ1v) is 8.55. The van der Waals surface area contributed by atoms with Crippen LogP contribution in [-0.2, 0) is 11.3 Å². The number of benzene rings is 1. The van der Waals surface area contributed by atoms with Crippen molar-refractivity contribution in [3.63, 3.8) is 0 Å². The van der Waals surface area contributed by atoms with Crippen molar-refractivity contribution in [2.75, 3.05) is 11.4 Å². The Kier molecular flexibility index (Phi) is 5.45. The zero-order chi connectivity index (χ0) is 17.6. The molecular formula is C18H20N4O2S. The molecule has 2 aromatic rings. The highest BCUT2D eigenvalue weighted by Gasteiger charge is 2.21. The van der Waals surface area contributed by atoms with E-state index in [1.807, 2.05) is 48.2 Å². The molecule has 130 valence electrons. The Labute approximate surface area is 151 Å². The van der Waals surface area contributed by atoms with Gasteiger partial charge in [0.1, 0.15) is 5.76 Å². The third-order valence-electron chi connectivity index (χ3n) is 4.00. The Morgan fingerprint density at radius 3 is 2.76 bits per heavy atom. The molecule has 1 aromatic heterocycles. The molecule has 1 saturated heterocycles. The van der Waals surface area contributed by atoms with Gasteiger partial charge in [-0.05, 0) is 55.4 Å². The second kappa shape index (κ2) is 7.94. The van der Waals surface area contributed by atoms with Gasteiger partial charge in [-0.25, -0.2) is 0 Å². The zero-order valence-electron chi connectivity index (χ0n) is 14.0. The van der Waals surface area contributed by atoms with E-state index in [4.69, 9.17) is 16.6 Å². The van der Waals surface area contributed by atoms with Gasteiger partial charge in [0.05, 0.1) is 18.5 Å². The van der Waals surface area contributed by atoms with Crippen LogP contribution in [0.25, 0.3) is 0 Å². The van der Waals surface area contributed by atoms with Crippen LogP contribution in [0.4, 0.5) is 5.69 Å². The number of carbonyl (C=O) groups is 1. The summed E-state index contributed by atoms with van der Waals surface area (Å²) >= 11 is 5.19. The molecule has 7 heteroatoms. The highest BCUT2D eigenvalue weighted by atomic mass is 32.1. The molecule has 1 aliphatic heterocycles. The maximum atomic E-state index is 11.8. The van der Waals surface area contributed by atoms with Crippen molar-refractivity contribution in [3.8, 4) is 0 Å². The number of amides is 1. The molecule has 6 nitrogen and oxygen atoms in total. The number of rotatable bonds is 5. The average molecular weight is 356 g/mol. The third-order valence-corrected chi connectivity index (χ3v) is 4.23. The fourth-order valence-electron chi connectivity index (χ4n) is 2.62. The second-order valence-corrected chi connectivity index (χ2v) is 6.18. The number of thiocarbonyl (C=S) groups is 1. The predicted octanol–water partition coefficient (Wildman–Crippen LogP) is 2.79. The van der Waals surface area contributed by atoms with E-state index >= 15 is 0 Å². The smallest absolute Gasteiger partial charge is 0.227 e. The molecule has 25 heavy (non-hydrogen) atoms. The quantitative estimate of drug-likeness (QED) is 0.490. The van der Waals surface area contributed by atoms with Gasteiger partial charge >= 0.3 is 0 Å². The molecule has 0 aliphatic carbocycles. The minimum Gasteiger partial charge on any atom is -0.467 e. The minimum atomic E-state index is 0.188. The molecule has 2 N–H and O–H groups in total. The molecule has 0 bridgehead atoms. The zero-order valence-corrected chi connectivity index (χ0v) is 14.8. The molecule has 1 aromatic carbocycles. The summed E-state index contributed by atoms with van der Waals surface area (Å²) in [5.41, 5.74) is 5.53. The standard InChI is InChI=1S/C18H20N4O2S/c1-13(20-21-18(25)19-12-16-4-3-11-24-16)14-6-8-15(9-7-14)22-10-2-5-17(22)23/h3-4,6-9,11H,2,5,10,12H2,1H3,(H2,19,21,25)/b20-13-. The van der Waals surface area contributed by atoms with Gasteiger partial charge in [-0.1, -0.05) is 12.1 Å². The lowest BCUT2D eigenvalue weighted by molar-refractivity contribution is -0.117. The Balaban J connectivity index is 1.54. The van der Waals surface area contributed by atoms with Gasteiger partial charge in [-0.3, -0.25) is 10.2 Å². The summed E-state index contributed by atoms with van der Waals surface area (Å²) in [7, 11) is 0. The molecule has 0 unspecified atom stereocenters. The van der Waals surface area contributed by atoms with Crippen molar-refractivity contribution in [2.24, 2.45) is 5.10 Å². The summed E-state index contributed by atoms with van der Waals surface area (Å²) in [5, 5.41) is 7.73. The summed E-state index contributed by atoms with van der Waals surface area (Å²) in [6.07, 6.45) is 3.18. The van der Waals surface area contributed by atoms with Crippen molar-refractivity contribution >= 4 is 34.6 Å². The van der Waals surface area contributed by atoms with Gasteiger partial charge in [0.25, 0.3) is 0 Å². The molecular weight excluding hydrogens is 336 g/mol. The molecule has 0 radical (unpaired) electrons. The number of hydrogen-bond donors (Lipinski definition) is 2. The molecule has 1 aliphatic rings. The van der Waals surface area contributed by atoms with Crippen LogP contribution in [0.2, 0.25) is 0 Å². The van der Waals surface area contributed by atoms with Crippen molar-refractivity contribution in [1.29, 1.82) is 0 Å². The molecule has 0 spiro atoms. The maximum absolute atomic E-state index is 11.8. The van der Waals surface area contributed by atoms with E-state index < -0.39 is 0 Å². The van der Waals surface area contributed by atoms with Crippen LogP contribution >= 0.6 is 12.2 Å². The summed E-state index contributed by atoms with van der Waals surface area (Å²) in [5.74, 6) is 0.990. The molecule has 2 heterocycles. The van der Waals surface area contributed by atoms with Gasteiger partial charge in [0.15, 0.2) is 5.11 Å². The SMILES string of the molecule is C/C(=N/NC(=S)NCc1ccco1)c1ccc(N2CCCC2=O)cc1. The topological polar surface area (TPSA) is 69.9 Å². The van der Waals surface area contributed by atoms with Crippen molar-refractivity contribution in [2.45, 2.75) is 26.3 Å². The largest absolute Gasteiger partial charge is 0.467 e. The lowest BCUT2D eigenvalue weighted by Gasteiger charge is -2.15. The number of hydrogen-bond acceptors (Lipinski definition) is 4. The number of hydrazone groups is 1.